The fourth-order valence-electron chi connectivity index (χ4n) is 2.21. The molecule has 0 aliphatic rings. The van der Waals surface area contributed by atoms with Crippen molar-refractivity contribution in [1.82, 2.24) is 5.32 Å². The molecule has 0 heterocycles. The maximum Gasteiger partial charge on any atom is 0.329 e. The summed E-state index contributed by atoms with van der Waals surface area (Å²) >= 11 is 0. The van der Waals surface area contributed by atoms with Crippen LogP contribution in [0.15, 0.2) is 18.2 Å². The highest BCUT2D eigenvalue weighted by molar-refractivity contribution is 6.00. The van der Waals surface area contributed by atoms with E-state index in [1.807, 2.05) is 39.0 Å². The first-order valence-electron chi connectivity index (χ1n) is 6.44. The first kappa shape index (κ1) is 15.2. The number of hydrogen-bond acceptors (Lipinski definition) is 2. The lowest BCUT2D eigenvalue weighted by molar-refractivity contribution is -0.144. The lowest BCUT2D eigenvalue weighted by Gasteiger charge is -2.26. The molecule has 0 saturated heterocycles. The molecule has 0 spiro atoms. The number of hydrogen-bond donors (Lipinski definition) is 2. The summed E-state index contributed by atoms with van der Waals surface area (Å²) in [5.41, 5.74) is 1.04. The Morgan fingerprint density at radius 3 is 2.21 bits per heavy atom. The lowest BCUT2D eigenvalue weighted by atomic mass is 9.94. The van der Waals surface area contributed by atoms with E-state index in [1.165, 1.54) is 0 Å². The van der Waals surface area contributed by atoms with E-state index in [1.54, 1.807) is 6.92 Å². The fraction of sp³-hybridized carbons (Fsp3) is 0.467. The molecule has 104 valence electrons. The molecule has 4 heteroatoms. The summed E-state index contributed by atoms with van der Waals surface area (Å²) in [6, 6.07) is 5.57. The zero-order valence-corrected chi connectivity index (χ0v) is 11.9. The number of carbonyl (C=O) groups excluding carboxylic acids is 1. The summed E-state index contributed by atoms with van der Waals surface area (Å²) in [7, 11) is 0. The van der Waals surface area contributed by atoms with E-state index >= 15 is 0 Å². The summed E-state index contributed by atoms with van der Waals surface area (Å²) in [5, 5.41) is 11.9. The first-order chi connectivity index (χ1) is 8.81. The molecule has 1 amide bonds. The number of benzene rings is 1. The van der Waals surface area contributed by atoms with Crippen molar-refractivity contribution in [2.24, 2.45) is 0 Å². The van der Waals surface area contributed by atoms with Crippen LogP contribution < -0.4 is 5.32 Å². The molecular formula is C15H21NO3. The van der Waals surface area contributed by atoms with E-state index in [0.29, 0.717) is 18.4 Å². The Bertz CT molecular complexity index is 476. The van der Waals surface area contributed by atoms with Crippen LogP contribution in [-0.4, -0.2) is 22.5 Å². The van der Waals surface area contributed by atoms with Crippen LogP contribution in [0.5, 0.6) is 0 Å². The summed E-state index contributed by atoms with van der Waals surface area (Å²) in [6.07, 6.45) is 1.09. The summed E-state index contributed by atoms with van der Waals surface area (Å²) in [6.45, 7) is 7.14. The van der Waals surface area contributed by atoms with Crippen molar-refractivity contribution in [2.45, 2.75) is 46.1 Å². The maximum absolute atomic E-state index is 12.3. The number of nitrogens with one attached hydrogen (secondary N) is 1. The molecule has 0 saturated carbocycles. The maximum atomic E-state index is 12.3. The summed E-state index contributed by atoms with van der Waals surface area (Å²) in [5.74, 6) is -1.33. The highest BCUT2D eigenvalue weighted by Gasteiger charge is 2.34. The highest BCUT2D eigenvalue weighted by Crippen LogP contribution is 2.17. The second-order valence-electron chi connectivity index (χ2n) is 5.11. The molecule has 4 nitrogen and oxygen atoms in total. The van der Waals surface area contributed by atoms with Crippen molar-refractivity contribution >= 4 is 11.9 Å². The van der Waals surface area contributed by atoms with Gasteiger partial charge in [-0.1, -0.05) is 31.5 Å². The minimum absolute atomic E-state index is 0.325. The number of aryl methyl sites for hydroxylation is 2. The van der Waals surface area contributed by atoms with E-state index in [-0.39, 0.29) is 5.91 Å². The quantitative estimate of drug-likeness (QED) is 0.858. The predicted octanol–water partition coefficient (Wildman–Crippen LogP) is 2.68. The van der Waals surface area contributed by atoms with Crippen LogP contribution in [0, 0.1) is 13.8 Å². The van der Waals surface area contributed by atoms with Crippen molar-refractivity contribution in [1.29, 1.82) is 0 Å². The number of amides is 1. The van der Waals surface area contributed by atoms with Gasteiger partial charge >= 0.3 is 5.97 Å². The topological polar surface area (TPSA) is 66.4 Å². The second kappa shape index (κ2) is 5.87. The van der Waals surface area contributed by atoms with Crippen LogP contribution in [-0.2, 0) is 4.79 Å². The van der Waals surface area contributed by atoms with Gasteiger partial charge in [0.15, 0.2) is 0 Å². The largest absolute Gasteiger partial charge is 0.480 e. The Hall–Kier alpha value is -1.84. The summed E-state index contributed by atoms with van der Waals surface area (Å²) < 4.78 is 0. The Labute approximate surface area is 113 Å². The third-order valence-electron chi connectivity index (χ3n) is 3.32. The van der Waals surface area contributed by atoms with Crippen LogP contribution in [0.3, 0.4) is 0 Å². The van der Waals surface area contributed by atoms with Gasteiger partial charge in [0.2, 0.25) is 0 Å². The Morgan fingerprint density at radius 2 is 1.79 bits per heavy atom. The molecule has 0 aliphatic heterocycles. The number of rotatable bonds is 5. The molecule has 1 aromatic rings. The fourth-order valence-corrected chi connectivity index (χ4v) is 2.21. The molecule has 0 aliphatic carbocycles. The minimum atomic E-state index is -1.22. The van der Waals surface area contributed by atoms with Crippen LogP contribution in [0.2, 0.25) is 0 Å². The van der Waals surface area contributed by atoms with Gasteiger partial charge in [-0.15, -0.1) is 0 Å². The molecule has 1 atom stereocenters. The smallest absolute Gasteiger partial charge is 0.329 e. The van der Waals surface area contributed by atoms with Crippen molar-refractivity contribution in [3.63, 3.8) is 0 Å². The van der Waals surface area contributed by atoms with E-state index in [9.17, 15) is 14.7 Å². The molecule has 0 aromatic heterocycles. The molecule has 0 bridgehead atoms. The van der Waals surface area contributed by atoms with Crippen LogP contribution >= 0.6 is 0 Å². The molecule has 1 aromatic carbocycles. The number of carboxylic acid groups (broad SMARTS) is 1. The third kappa shape index (κ3) is 3.34. The van der Waals surface area contributed by atoms with E-state index < -0.39 is 11.5 Å². The van der Waals surface area contributed by atoms with Gasteiger partial charge in [0.25, 0.3) is 5.91 Å². The highest BCUT2D eigenvalue weighted by atomic mass is 16.4. The monoisotopic (exact) mass is 263 g/mol. The van der Waals surface area contributed by atoms with Gasteiger partial charge < -0.3 is 10.4 Å². The van der Waals surface area contributed by atoms with E-state index in [4.69, 9.17) is 0 Å². The first-order valence-corrected chi connectivity index (χ1v) is 6.44. The molecular weight excluding hydrogens is 242 g/mol. The standard InChI is InChI=1S/C15H21NO3/c1-5-9-15(4,14(18)19)16-13(17)12-10(2)7-6-8-11(12)3/h6-8H,5,9H2,1-4H3,(H,16,17)(H,18,19). The van der Waals surface area contributed by atoms with Gasteiger partial charge in [0, 0.05) is 5.56 Å². The van der Waals surface area contributed by atoms with Crippen LogP contribution in [0.4, 0.5) is 0 Å². The van der Waals surface area contributed by atoms with Gasteiger partial charge in [-0.05, 0) is 38.3 Å². The third-order valence-corrected chi connectivity index (χ3v) is 3.32. The molecule has 0 fully saturated rings. The van der Waals surface area contributed by atoms with Gasteiger partial charge in [-0.25, -0.2) is 4.79 Å². The lowest BCUT2D eigenvalue weighted by Crippen LogP contribution is -2.52. The second-order valence-corrected chi connectivity index (χ2v) is 5.11. The average Bonchev–Trinajstić information content (AvgIpc) is 2.28. The predicted molar refractivity (Wildman–Crippen MR) is 74.3 cm³/mol. The Morgan fingerprint density at radius 1 is 1.26 bits per heavy atom. The van der Waals surface area contributed by atoms with E-state index in [0.717, 1.165) is 11.1 Å². The molecule has 2 N–H and O–H groups in total. The van der Waals surface area contributed by atoms with Crippen molar-refractivity contribution in [2.75, 3.05) is 0 Å². The minimum Gasteiger partial charge on any atom is -0.480 e. The Balaban J connectivity index is 3.04. The summed E-state index contributed by atoms with van der Waals surface area (Å²) in [4.78, 5) is 23.6. The SMILES string of the molecule is CCCC(C)(NC(=O)c1c(C)cccc1C)C(=O)O. The number of carbonyl (C=O) groups is 2. The van der Waals surface area contributed by atoms with Gasteiger partial charge in [-0.3, -0.25) is 4.79 Å². The number of carboxylic acids is 1. The Kier molecular flexibility index (Phi) is 4.70. The van der Waals surface area contributed by atoms with E-state index in [2.05, 4.69) is 5.32 Å². The molecule has 19 heavy (non-hydrogen) atoms. The van der Waals surface area contributed by atoms with Crippen molar-refractivity contribution < 1.29 is 14.7 Å². The molecule has 1 unspecified atom stereocenters. The van der Waals surface area contributed by atoms with Gasteiger partial charge in [0.05, 0.1) is 0 Å². The van der Waals surface area contributed by atoms with Crippen LogP contribution in [0.25, 0.3) is 0 Å². The zero-order valence-electron chi connectivity index (χ0n) is 11.9. The number of aliphatic carboxylic acids is 1. The average molecular weight is 263 g/mol. The van der Waals surface area contributed by atoms with Crippen molar-refractivity contribution in [3.05, 3.63) is 34.9 Å². The van der Waals surface area contributed by atoms with Gasteiger partial charge in [-0.2, -0.15) is 0 Å². The molecule has 1 rings (SSSR count). The zero-order chi connectivity index (χ0) is 14.6. The van der Waals surface area contributed by atoms with Gasteiger partial charge in [0.1, 0.15) is 5.54 Å². The normalized spacial score (nSPS) is 13.7. The van der Waals surface area contributed by atoms with Crippen LogP contribution in [0.1, 0.15) is 48.2 Å². The van der Waals surface area contributed by atoms with Crippen molar-refractivity contribution in [3.8, 4) is 0 Å². The molecule has 0 radical (unpaired) electrons.